The number of carbonyl (C=O) groups excluding carboxylic acids is 1. The monoisotopic (exact) mass is 346 g/mol. The van der Waals surface area contributed by atoms with Crippen molar-refractivity contribution in [1.29, 1.82) is 0 Å². The molecule has 0 aromatic heterocycles. The van der Waals surface area contributed by atoms with Crippen LogP contribution in [-0.4, -0.2) is 50.5 Å². The summed E-state index contributed by atoms with van der Waals surface area (Å²) in [5, 5.41) is 6.57. The number of amides is 1. The predicted octanol–water partition coefficient (Wildman–Crippen LogP) is 2.68. The highest BCUT2D eigenvalue weighted by atomic mass is 16.2. The van der Waals surface area contributed by atoms with Crippen molar-refractivity contribution in [2.75, 3.05) is 33.7 Å². The van der Waals surface area contributed by atoms with E-state index in [-0.39, 0.29) is 17.9 Å². The third kappa shape index (κ3) is 9.13. The van der Waals surface area contributed by atoms with Crippen LogP contribution in [0.5, 0.6) is 0 Å². The largest absolute Gasteiger partial charge is 0.357 e. The quantitative estimate of drug-likeness (QED) is 0.534. The molecule has 140 valence electrons. The molecule has 5 nitrogen and oxygen atoms in total. The van der Waals surface area contributed by atoms with Gasteiger partial charge in [0.05, 0.1) is 0 Å². The average Bonchev–Trinajstić information content (AvgIpc) is 2.57. The first-order chi connectivity index (χ1) is 11.8. The molecule has 0 aliphatic heterocycles. The fourth-order valence-electron chi connectivity index (χ4n) is 2.46. The molecule has 5 heteroatoms. The Morgan fingerprint density at radius 1 is 1.16 bits per heavy atom. The van der Waals surface area contributed by atoms with Gasteiger partial charge in [-0.25, -0.2) is 4.99 Å². The summed E-state index contributed by atoms with van der Waals surface area (Å²) in [6.07, 6.45) is 3.40. The summed E-state index contributed by atoms with van der Waals surface area (Å²) in [4.78, 5) is 17.6. The molecular weight excluding hydrogens is 312 g/mol. The molecule has 0 aliphatic carbocycles. The molecule has 1 rings (SSSR count). The number of benzene rings is 1. The normalized spacial score (nSPS) is 12.0. The van der Waals surface area contributed by atoms with E-state index in [1.54, 1.807) is 19.0 Å². The standard InChI is InChI=1S/C20H34N4O/c1-6-21-19(22-15-18(25)24(4)5)23-16-20(2,3)14-10-13-17-11-8-7-9-12-17/h7-9,11-12H,6,10,13-16H2,1-5H3,(H2,21,22,23). The lowest BCUT2D eigenvalue weighted by atomic mass is 9.86. The number of carbonyl (C=O) groups is 1. The van der Waals surface area contributed by atoms with Gasteiger partial charge >= 0.3 is 0 Å². The molecule has 0 saturated heterocycles. The van der Waals surface area contributed by atoms with Crippen LogP contribution in [0.3, 0.4) is 0 Å². The molecule has 2 N–H and O–H groups in total. The van der Waals surface area contributed by atoms with E-state index in [2.05, 4.69) is 59.8 Å². The van der Waals surface area contributed by atoms with Gasteiger partial charge in [-0.1, -0.05) is 44.2 Å². The smallest absolute Gasteiger partial charge is 0.243 e. The van der Waals surface area contributed by atoms with Crippen molar-refractivity contribution in [2.24, 2.45) is 10.4 Å². The number of aryl methyl sites for hydroxylation is 1. The highest BCUT2D eigenvalue weighted by Gasteiger charge is 2.18. The highest BCUT2D eigenvalue weighted by molar-refractivity contribution is 5.84. The van der Waals surface area contributed by atoms with Gasteiger partial charge < -0.3 is 15.5 Å². The Balaban J connectivity index is 2.44. The Hall–Kier alpha value is -2.04. The Bertz CT molecular complexity index is 538. The minimum atomic E-state index is -0.000626. The van der Waals surface area contributed by atoms with E-state index in [1.165, 1.54) is 5.56 Å². The summed E-state index contributed by atoms with van der Waals surface area (Å²) in [5.74, 6) is 0.702. The van der Waals surface area contributed by atoms with E-state index in [0.29, 0.717) is 5.96 Å². The van der Waals surface area contributed by atoms with Gasteiger partial charge in [-0.2, -0.15) is 0 Å². The molecule has 0 unspecified atom stereocenters. The number of guanidine groups is 1. The fraction of sp³-hybridized carbons (Fsp3) is 0.600. The van der Waals surface area contributed by atoms with E-state index >= 15 is 0 Å². The summed E-state index contributed by atoms with van der Waals surface area (Å²) >= 11 is 0. The Labute approximate surface area is 152 Å². The maximum absolute atomic E-state index is 11.7. The van der Waals surface area contributed by atoms with Crippen LogP contribution in [0, 0.1) is 5.41 Å². The second kappa shape index (κ2) is 10.7. The van der Waals surface area contributed by atoms with Crippen molar-refractivity contribution < 1.29 is 4.79 Å². The topological polar surface area (TPSA) is 56.7 Å². The minimum Gasteiger partial charge on any atom is -0.357 e. The van der Waals surface area contributed by atoms with Gasteiger partial charge in [0.15, 0.2) is 5.96 Å². The van der Waals surface area contributed by atoms with Crippen LogP contribution in [-0.2, 0) is 11.2 Å². The van der Waals surface area contributed by atoms with Crippen molar-refractivity contribution in [3.8, 4) is 0 Å². The van der Waals surface area contributed by atoms with Gasteiger partial charge in [0, 0.05) is 27.2 Å². The Kier molecular flexibility index (Phi) is 9.03. The van der Waals surface area contributed by atoms with E-state index in [4.69, 9.17) is 0 Å². The number of likely N-dealkylation sites (N-methyl/N-ethyl adjacent to an activating group) is 1. The van der Waals surface area contributed by atoms with Crippen LogP contribution in [0.25, 0.3) is 0 Å². The van der Waals surface area contributed by atoms with Crippen molar-refractivity contribution in [2.45, 2.75) is 40.0 Å². The van der Waals surface area contributed by atoms with Crippen molar-refractivity contribution >= 4 is 11.9 Å². The molecule has 0 saturated carbocycles. The van der Waals surface area contributed by atoms with E-state index in [9.17, 15) is 4.79 Å². The first-order valence-electron chi connectivity index (χ1n) is 9.10. The number of nitrogens with one attached hydrogen (secondary N) is 2. The van der Waals surface area contributed by atoms with Crippen molar-refractivity contribution in [1.82, 2.24) is 15.5 Å². The zero-order valence-corrected chi connectivity index (χ0v) is 16.4. The predicted molar refractivity (Wildman–Crippen MR) is 106 cm³/mol. The lowest BCUT2D eigenvalue weighted by molar-refractivity contribution is -0.127. The molecule has 0 fully saturated rings. The number of hydrogen-bond acceptors (Lipinski definition) is 2. The van der Waals surface area contributed by atoms with Crippen LogP contribution < -0.4 is 10.6 Å². The fourth-order valence-corrected chi connectivity index (χ4v) is 2.46. The number of rotatable bonds is 9. The molecule has 1 aromatic rings. The minimum absolute atomic E-state index is 0.000626. The van der Waals surface area contributed by atoms with Crippen LogP contribution in [0.4, 0.5) is 0 Å². The van der Waals surface area contributed by atoms with E-state index in [1.807, 2.05) is 6.92 Å². The van der Waals surface area contributed by atoms with E-state index in [0.717, 1.165) is 32.4 Å². The molecule has 0 aliphatic rings. The molecular formula is C20H34N4O. The zero-order valence-electron chi connectivity index (χ0n) is 16.4. The highest BCUT2D eigenvalue weighted by Crippen LogP contribution is 2.22. The number of hydrogen-bond donors (Lipinski definition) is 2. The Morgan fingerprint density at radius 2 is 1.84 bits per heavy atom. The zero-order chi connectivity index (χ0) is 18.7. The molecule has 0 heterocycles. The van der Waals surface area contributed by atoms with Gasteiger partial charge in [0.2, 0.25) is 5.91 Å². The first kappa shape index (κ1) is 21.0. The Morgan fingerprint density at radius 3 is 2.44 bits per heavy atom. The van der Waals surface area contributed by atoms with Gasteiger partial charge in [0.25, 0.3) is 0 Å². The van der Waals surface area contributed by atoms with Gasteiger partial charge in [-0.05, 0) is 37.2 Å². The second-order valence-corrected chi connectivity index (χ2v) is 7.34. The van der Waals surface area contributed by atoms with Gasteiger partial charge in [0.1, 0.15) is 6.54 Å². The average molecular weight is 347 g/mol. The molecule has 1 amide bonds. The summed E-state index contributed by atoms with van der Waals surface area (Å²) in [7, 11) is 3.49. The molecule has 0 atom stereocenters. The maximum Gasteiger partial charge on any atom is 0.243 e. The summed E-state index contributed by atoms with van der Waals surface area (Å²) < 4.78 is 0. The van der Waals surface area contributed by atoms with Gasteiger partial charge in [-0.3, -0.25) is 4.79 Å². The third-order valence-electron chi connectivity index (χ3n) is 4.11. The molecule has 0 bridgehead atoms. The summed E-state index contributed by atoms with van der Waals surface area (Å²) in [5.41, 5.74) is 1.56. The van der Waals surface area contributed by atoms with E-state index < -0.39 is 0 Å². The molecule has 0 spiro atoms. The number of nitrogens with zero attached hydrogens (tertiary/aromatic N) is 2. The first-order valence-corrected chi connectivity index (χ1v) is 9.10. The lowest BCUT2D eigenvalue weighted by Crippen LogP contribution is -2.42. The second-order valence-electron chi connectivity index (χ2n) is 7.34. The van der Waals surface area contributed by atoms with Crippen molar-refractivity contribution in [3.05, 3.63) is 35.9 Å². The maximum atomic E-state index is 11.7. The molecule has 1 aromatic carbocycles. The SMILES string of the molecule is CCNC(=NCC(=O)N(C)C)NCC(C)(C)CCCc1ccccc1. The van der Waals surface area contributed by atoms with Crippen molar-refractivity contribution in [3.63, 3.8) is 0 Å². The third-order valence-corrected chi connectivity index (χ3v) is 4.11. The summed E-state index contributed by atoms with van der Waals surface area (Å²) in [6, 6.07) is 10.6. The van der Waals surface area contributed by atoms with Crippen LogP contribution in [0.2, 0.25) is 0 Å². The van der Waals surface area contributed by atoms with Crippen LogP contribution in [0.1, 0.15) is 39.2 Å². The summed E-state index contributed by atoms with van der Waals surface area (Å²) in [6.45, 7) is 8.31. The lowest BCUT2D eigenvalue weighted by Gasteiger charge is -2.26. The molecule has 0 radical (unpaired) electrons. The molecule has 25 heavy (non-hydrogen) atoms. The van der Waals surface area contributed by atoms with Gasteiger partial charge in [-0.15, -0.1) is 0 Å². The van der Waals surface area contributed by atoms with Crippen LogP contribution in [0.15, 0.2) is 35.3 Å². The number of aliphatic imine (C=N–C) groups is 1. The van der Waals surface area contributed by atoms with Crippen LogP contribution >= 0.6 is 0 Å².